The van der Waals surface area contributed by atoms with Gasteiger partial charge in [-0.05, 0) is 122 Å². The molecule has 0 atom stereocenters. The molecule has 5 aromatic rings. The molecule has 0 aliphatic carbocycles. The predicted octanol–water partition coefficient (Wildman–Crippen LogP) is 14.3. The summed E-state index contributed by atoms with van der Waals surface area (Å²) in [5.41, 5.74) is 11.1. The van der Waals surface area contributed by atoms with Gasteiger partial charge in [0.25, 0.3) is 0 Å². The van der Waals surface area contributed by atoms with Crippen LogP contribution >= 0.6 is 0 Å². The zero-order valence-corrected chi connectivity index (χ0v) is 36.1. The molecule has 5 heterocycles. The molecule has 0 amide bonds. The minimum Gasteiger partial charge on any atom is -0.493 e. The molecule has 3 aromatic heterocycles. The predicted molar refractivity (Wildman–Crippen MR) is 250 cm³/mol. The van der Waals surface area contributed by atoms with Crippen molar-refractivity contribution in [2.45, 2.75) is 105 Å². The van der Waals surface area contributed by atoms with Gasteiger partial charge in [-0.1, -0.05) is 79.1 Å². The third kappa shape index (κ3) is 11.3. The van der Waals surface area contributed by atoms with E-state index in [2.05, 4.69) is 123 Å². The van der Waals surface area contributed by atoms with Gasteiger partial charge in [0.15, 0.2) is 0 Å². The quantitative estimate of drug-likeness (QED) is 0.0663. The minimum absolute atomic E-state index is 0.662. The number of aromatic nitrogens is 4. The summed E-state index contributed by atoms with van der Waals surface area (Å²) >= 11 is 0. The summed E-state index contributed by atoms with van der Waals surface area (Å²) in [6.45, 7) is 11.5. The monoisotopic (exact) mass is 806 g/mol. The van der Waals surface area contributed by atoms with Crippen molar-refractivity contribution in [2.75, 3.05) is 26.4 Å². The number of aromatic amines is 2. The zero-order chi connectivity index (χ0) is 41.5. The molecule has 8 nitrogen and oxygen atoms in total. The maximum Gasteiger partial charge on any atom is 0.123 e. The molecule has 8 bridgehead atoms. The molecule has 0 unspecified atom stereocenters. The van der Waals surface area contributed by atoms with E-state index < -0.39 is 0 Å². The molecule has 0 fully saturated rings. The molecule has 0 spiro atoms. The van der Waals surface area contributed by atoms with Gasteiger partial charge < -0.3 is 28.9 Å². The Morgan fingerprint density at radius 2 is 0.750 bits per heavy atom. The number of rotatable bonds is 22. The second-order valence-corrected chi connectivity index (χ2v) is 15.8. The van der Waals surface area contributed by atoms with Crippen LogP contribution in [0.5, 0.6) is 23.0 Å². The molecule has 0 radical (unpaired) electrons. The average Bonchev–Trinajstić information content (AvgIpc) is 4.09. The fourth-order valence-electron chi connectivity index (χ4n) is 7.61. The van der Waals surface area contributed by atoms with Gasteiger partial charge in [0.05, 0.1) is 49.2 Å². The highest BCUT2D eigenvalue weighted by Gasteiger charge is 2.17. The van der Waals surface area contributed by atoms with E-state index in [1.807, 2.05) is 12.1 Å². The fraction of sp³-hybridized carbons (Fsp3) is 0.385. The lowest BCUT2D eigenvalue weighted by molar-refractivity contribution is 0.291. The highest BCUT2D eigenvalue weighted by Crippen LogP contribution is 2.38. The first kappa shape index (κ1) is 42.4. The van der Waals surface area contributed by atoms with E-state index >= 15 is 0 Å². The number of nitrogens with one attached hydrogen (secondary N) is 2. The highest BCUT2D eigenvalue weighted by atomic mass is 16.5. The van der Waals surface area contributed by atoms with Gasteiger partial charge >= 0.3 is 0 Å². The standard InChI is InChI=1S/C52H62N4O4/c1-5-9-13-25-57-43-29-37(30-44(35-43)58-26-14-10-6-2)51-47-21-17-39(53-47)33-41-19-23-49(55-41)52(50-24-20-42(56-50)34-40-18-22-48(51)54-40)38-31-45(59-27-15-11-7-3)36-46(32-38)60-28-16-12-8-4/h17-24,29-36,53,56H,5-16,25-28H2,1-4H3. The number of fused-ring (bicyclic) bond motifs is 8. The summed E-state index contributed by atoms with van der Waals surface area (Å²) in [4.78, 5) is 17.8. The Kier molecular flexibility index (Phi) is 15.2. The highest BCUT2D eigenvalue weighted by molar-refractivity contribution is 5.93. The Morgan fingerprint density at radius 3 is 1.08 bits per heavy atom. The zero-order valence-electron chi connectivity index (χ0n) is 36.1. The van der Waals surface area contributed by atoms with E-state index in [1.165, 1.54) is 0 Å². The Morgan fingerprint density at radius 1 is 0.400 bits per heavy atom. The number of ether oxygens (including phenoxy) is 4. The molecule has 0 saturated heterocycles. The number of nitrogens with zero attached hydrogens (tertiary/aromatic N) is 2. The summed E-state index contributed by atoms with van der Waals surface area (Å²) in [6, 6.07) is 25.2. The van der Waals surface area contributed by atoms with Crippen molar-refractivity contribution < 1.29 is 18.9 Å². The van der Waals surface area contributed by atoms with E-state index in [4.69, 9.17) is 28.9 Å². The Labute approximate surface area is 356 Å². The number of H-pyrrole nitrogens is 2. The lowest BCUT2D eigenvalue weighted by atomic mass is 10.0. The lowest BCUT2D eigenvalue weighted by Crippen LogP contribution is -2.01. The number of unbranched alkanes of at least 4 members (excludes halogenated alkanes) is 8. The Bertz CT molecular complexity index is 2190. The summed E-state index contributed by atoms with van der Waals surface area (Å²) in [7, 11) is 0. The van der Waals surface area contributed by atoms with Crippen molar-refractivity contribution in [1.29, 1.82) is 0 Å². The first-order valence-corrected chi connectivity index (χ1v) is 22.5. The summed E-state index contributed by atoms with van der Waals surface area (Å²) in [5, 5.41) is 0. The smallest absolute Gasteiger partial charge is 0.123 e. The van der Waals surface area contributed by atoms with Gasteiger partial charge in [0, 0.05) is 45.3 Å². The van der Waals surface area contributed by atoms with Crippen LogP contribution in [0.25, 0.3) is 68.6 Å². The van der Waals surface area contributed by atoms with E-state index in [1.54, 1.807) is 0 Å². The van der Waals surface area contributed by atoms with Crippen LogP contribution in [-0.2, 0) is 0 Å². The van der Waals surface area contributed by atoms with E-state index in [0.29, 0.717) is 26.4 Å². The van der Waals surface area contributed by atoms with Crippen LogP contribution in [0.2, 0.25) is 0 Å². The van der Waals surface area contributed by atoms with Crippen molar-refractivity contribution >= 4 is 46.4 Å². The van der Waals surface area contributed by atoms with Crippen molar-refractivity contribution in [1.82, 2.24) is 19.9 Å². The molecule has 0 saturated carbocycles. The molecule has 8 heteroatoms. The first-order chi connectivity index (χ1) is 29.5. The number of hydrogen-bond acceptors (Lipinski definition) is 6. The van der Waals surface area contributed by atoms with Crippen molar-refractivity contribution in [3.05, 3.63) is 95.6 Å². The Hall–Kier alpha value is -5.76. The van der Waals surface area contributed by atoms with Crippen molar-refractivity contribution in [2.24, 2.45) is 0 Å². The normalized spacial score (nSPS) is 11.9. The third-order valence-corrected chi connectivity index (χ3v) is 10.8. The molecule has 2 aliphatic heterocycles. The van der Waals surface area contributed by atoms with E-state index in [-0.39, 0.29) is 0 Å². The average molecular weight is 807 g/mol. The van der Waals surface area contributed by atoms with E-state index in [0.717, 1.165) is 167 Å². The van der Waals surface area contributed by atoms with Crippen LogP contribution in [0.1, 0.15) is 128 Å². The van der Waals surface area contributed by atoms with Gasteiger partial charge in [0.2, 0.25) is 0 Å². The maximum atomic E-state index is 6.35. The molecule has 2 N–H and O–H groups in total. The second kappa shape index (κ2) is 21.5. The maximum absolute atomic E-state index is 6.35. The molecule has 2 aromatic carbocycles. The number of benzene rings is 2. The first-order valence-electron chi connectivity index (χ1n) is 22.5. The van der Waals surface area contributed by atoms with Crippen LogP contribution in [0.3, 0.4) is 0 Å². The molecular weight excluding hydrogens is 745 g/mol. The van der Waals surface area contributed by atoms with E-state index in [9.17, 15) is 0 Å². The van der Waals surface area contributed by atoms with Gasteiger partial charge in [0.1, 0.15) is 23.0 Å². The Balaban J connectivity index is 1.36. The summed E-state index contributed by atoms with van der Waals surface area (Å²) in [6.07, 6.45) is 21.5. The fourth-order valence-corrected chi connectivity index (χ4v) is 7.61. The largest absolute Gasteiger partial charge is 0.493 e. The molecule has 7 rings (SSSR count). The van der Waals surface area contributed by atoms with Crippen molar-refractivity contribution in [3.8, 4) is 45.3 Å². The SMILES string of the molecule is CCCCCOc1cc(OCCCCC)cc(-c2c3nc(cc4ccc([nH]4)c(-c4cc(OCCCCC)cc(OCCCCC)c4)c4nc(cc5ccc2[nH]5)C=C4)C=C3)c1. The van der Waals surface area contributed by atoms with Crippen LogP contribution in [0.15, 0.2) is 72.8 Å². The van der Waals surface area contributed by atoms with Crippen LogP contribution in [0, 0.1) is 0 Å². The topological polar surface area (TPSA) is 94.3 Å². The summed E-state index contributed by atoms with van der Waals surface area (Å²) < 4.78 is 25.4. The van der Waals surface area contributed by atoms with Crippen LogP contribution in [-0.4, -0.2) is 46.4 Å². The molecular formula is C52H62N4O4. The lowest BCUT2D eigenvalue weighted by Gasteiger charge is -2.13. The summed E-state index contributed by atoms with van der Waals surface area (Å²) in [5.74, 6) is 3.20. The van der Waals surface area contributed by atoms with Crippen molar-refractivity contribution in [3.63, 3.8) is 0 Å². The van der Waals surface area contributed by atoms with Gasteiger partial charge in [-0.15, -0.1) is 0 Å². The van der Waals surface area contributed by atoms with Crippen LogP contribution in [0.4, 0.5) is 0 Å². The third-order valence-electron chi connectivity index (χ3n) is 10.8. The van der Waals surface area contributed by atoms with Gasteiger partial charge in [-0.25, -0.2) is 9.97 Å². The van der Waals surface area contributed by atoms with Crippen LogP contribution < -0.4 is 18.9 Å². The molecule has 314 valence electrons. The number of hydrogen-bond donors (Lipinski definition) is 2. The minimum atomic E-state index is 0.662. The molecule has 2 aliphatic rings. The second-order valence-electron chi connectivity index (χ2n) is 15.8. The molecule has 60 heavy (non-hydrogen) atoms. The van der Waals surface area contributed by atoms with Gasteiger partial charge in [-0.2, -0.15) is 0 Å². The van der Waals surface area contributed by atoms with Gasteiger partial charge in [-0.3, -0.25) is 0 Å².